The van der Waals surface area contributed by atoms with E-state index in [2.05, 4.69) is 34.8 Å². The van der Waals surface area contributed by atoms with E-state index in [4.69, 9.17) is 0 Å². The second-order valence-corrected chi connectivity index (χ2v) is 17.8. The third kappa shape index (κ3) is 7.52. The van der Waals surface area contributed by atoms with Crippen molar-refractivity contribution >= 4 is 38.8 Å². The summed E-state index contributed by atoms with van der Waals surface area (Å²) in [5, 5.41) is 1.39. The Morgan fingerprint density at radius 1 is 1.25 bits per heavy atom. The molecule has 0 aromatic carbocycles. The van der Waals surface area contributed by atoms with Crippen LogP contribution in [0, 0.1) is 0 Å². The van der Waals surface area contributed by atoms with Crippen molar-refractivity contribution in [1.82, 2.24) is 0 Å². The zero-order valence-electron chi connectivity index (χ0n) is 5.03. The number of hydrogen-bond donors (Lipinski definition) is 0. The average molecular weight is 306 g/mol. The van der Waals surface area contributed by atoms with Crippen LogP contribution < -0.4 is 0 Å². The molecule has 0 aromatic heterocycles. The molecule has 0 unspecified atom stereocenters. The SMILES string of the molecule is CCCCC[As](Br)Br. The van der Waals surface area contributed by atoms with Crippen LogP contribution in [0.3, 0.4) is 0 Å². The van der Waals surface area contributed by atoms with Crippen LogP contribution in [0.2, 0.25) is 5.21 Å². The molecule has 0 aliphatic heterocycles. The third-order valence-electron chi connectivity index (χ3n) is 0.931. The maximum absolute atomic E-state index is 3.57. The van der Waals surface area contributed by atoms with Gasteiger partial charge in [-0.2, -0.15) is 0 Å². The molecular weight excluding hydrogens is 295 g/mol. The predicted molar refractivity (Wildman–Crippen MR) is 47.9 cm³/mol. The van der Waals surface area contributed by atoms with Crippen LogP contribution in [0.5, 0.6) is 0 Å². The van der Waals surface area contributed by atoms with Gasteiger partial charge in [0.2, 0.25) is 0 Å². The molecule has 0 N–H and O–H groups in total. The van der Waals surface area contributed by atoms with Gasteiger partial charge in [0.25, 0.3) is 0 Å². The minimum atomic E-state index is -0.632. The van der Waals surface area contributed by atoms with Crippen LogP contribution >= 0.6 is 27.9 Å². The summed E-state index contributed by atoms with van der Waals surface area (Å²) in [6, 6.07) is 0. The quantitative estimate of drug-likeness (QED) is 0.551. The Hall–Kier alpha value is 1.52. The van der Waals surface area contributed by atoms with Crippen LogP contribution in [-0.2, 0) is 0 Å². The van der Waals surface area contributed by atoms with Gasteiger partial charge in [0.05, 0.1) is 0 Å². The van der Waals surface area contributed by atoms with Gasteiger partial charge in [-0.15, -0.1) is 0 Å². The van der Waals surface area contributed by atoms with Gasteiger partial charge < -0.3 is 0 Å². The predicted octanol–water partition coefficient (Wildman–Crippen LogP) is 3.45. The van der Waals surface area contributed by atoms with Crippen molar-refractivity contribution in [2.24, 2.45) is 0 Å². The molecule has 0 radical (unpaired) electrons. The fourth-order valence-electron chi connectivity index (χ4n) is 0.481. The zero-order chi connectivity index (χ0) is 6.41. The molecule has 0 fully saturated rings. The first-order chi connectivity index (χ1) is 3.77. The van der Waals surface area contributed by atoms with Crippen molar-refractivity contribution in [3.8, 4) is 0 Å². The van der Waals surface area contributed by atoms with Crippen LogP contribution in [0.15, 0.2) is 0 Å². The van der Waals surface area contributed by atoms with Crippen LogP contribution in [0.25, 0.3) is 0 Å². The second kappa shape index (κ2) is 6.64. The summed E-state index contributed by atoms with van der Waals surface area (Å²) in [5.41, 5.74) is 0. The van der Waals surface area contributed by atoms with Crippen LogP contribution in [0.4, 0.5) is 0 Å². The van der Waals surface area contributed by atoms with Gasteiger partial charge in [-0.1, -0.05) is 0 Å². The molecule has 0 saturated heterocycles. The average Bonchev–Trinajstić information content (AvgIpc) is 1.66. The fourth-order valence-corrected chi connectivity index (χ4v) is 4.06. The molecule has 0 saturated carbocycles. The minimum absolute atomic E-state index is 0.632. The maximum atomic E-state index is 3.57. The van der Waals surface area contributed by atoms with E-state index in [1.54, 1.807) is 0 Å². The monoisotopic (exact) mass is 304 g/mol. The normalized spacial score (nSPS) is 10.5. The van der Waals surface area contributed by atoms with Crippen molar-refractivity contribution in [3.63, 3.8) is 0 Å². The van der Waals surface area contributed by atoms with E-state index in [1.807, 2.05) is 0 Å². The molecule has 0 atom stereocenters. The Labute approximate surface area is 69.8 Å². The van der Waals surface area contributed by atoms with E-state index in [0.717, 1.165) is 0 Å². The summed E-state index contributed by atoms with van der Waals surface area (Å²) in [6.07, 6.45) is 4.12. The van der Waals surface area contributed by atoms with Crippen molar-refractivity contribution in [2.75, 3.05) is 0 Å². The van der Waals surface area contributed by atoms with Gasteiger partial charge in [0.15, 0.2) is 0 Å². The molecule has 0 heterocycles. The van der Waals surface area contributed by atoms with E-state index in [9.17, 15) is 0 Å². The second-order valence-electron chi connectivity index (χ2n) is 1.73. The third-order valence-corrected chi connectivity index (χ3v) is 5.99. The molecule has 50 valence electrons. The van der Waals surface area contributed by atoms with E-state index in [0.29, 0.717) is 0 Å². The first-order valence-electron chi connectivity index (χ1n) is 2.86. The molecule has 0 spiro atoms. The van der Waals surface area contributed by atoms with Crippen molar-refractivity contribution in [3.05, 3.63) is 0 Å². The number of hydrogen-bond acceptors (Lipinski definition) is 0. The summed E-state index contributed by atoms with van der Waals surface area (Å²) >= 11 is 7.13. The molecule has 0 aromatic rings. The van der Waals surface area contributed by atoms with Gasteiger partial charge in [-0.05, 0) is 0 Å². The molecule has 0 aliphatic rings. The summed E-state index contributed by atoms with van der Waals surface area (Å²) in [5.74, 6) is 0. The van der Waals surface area contributed by atoms with Crippen molar-refractivity contribution in [2.45, 2.75) is 31.4 Å². The van der Waals surface area contributed by atoms with E-state index >= 15 is 0 Å². The summed E-state index contributed by atoms with van der Waals surface area (Å²) in [6.45, 7) is 2.24. The topological polar surface area (TPSA) is 0 Å². The molecule has 0 amide bonds. The van der Waals surface area contributed by atoms with E-state index in [1.165, 1.54) is 24.5 Å². The van der Waals surface area contributed by atoms with Gasteiger partial charge in [-0.3, -0.25) is 0 Å². The molecular formula is C5H11AsBr2. The van der Waals surface area contributed by atoms with Gasteiger partial charge >= 0.3 is 70.2 Å². The summed E-state index contributed by atoms with van der Waals surface area (Å²) in [4.78, 5) is 0. The first-order valence-corrected chi connectivity index (χ1v) is 13.0. The zero-order valence-corrected chi connectivity index (χ0v) is 10.1. The molecule has 0 bridgehead atoms. The molecule has 8 heavy (non-hydrogen) atoms. The molecule has 0 nitrogen and oxygen atoms in total. The van der Waals surface area contributed by atoms with Gasteiger partial charge in [0, 0.05) is 0 Å². The van der Waals surface area contributed by atoms with Crippen LogP contribution in [0.1, 0.15) is 26.2 Å². The van der Waals surface area contributed by atoms with Gasteiger partial charge in [0.1, 0.15) is 0 Å². The van der Waals surface area contributed by atoms with Crippen molar-refractivity contribution < 1.29 is 0 Å². The number of halogens is 2. The molecule has 3 heteroatoms. The number of unbranched alkanes of at least 4 members (excludes halogenated alkanes) is 2. The Bertz CT molecular complexity index is 47.7. The Morgan fingerprint density at radius 3 is 2.25 bits per heavy atom. The van der Waals surface area contributed by atoms with Crippen molar-refractivity contribution in [1.29, 1.82) is 0 Å². The van der Waals surface area contributed by atoms with Gasteiger partial charge in [-0.25, -0.2) is 0 Å². The fraction of sp³-hybridized carbons (Fsp3) is 1.00. The summed E-state index contributed by atoms with van der Waals surface area (Å²) < 4.78 is 0. The Balaban J connectivity index is 2.72. The van der Waals surface area contributed by atoms with E-state index in [-0.39, 0.29) is 0 Å². The first kappa shape index (κ1) is 9.52. The Morgan fingerprint density at radius 2 is 1.88 bits per heavy atom. The number of rotatable bonds is 4. The van der Waals surface area contributed by atoms with E-state index < -0.39 is 10.9 Å². The molecule has 0 aliphatic carbocycles. The molecule has 0 rings (SSSR count). The Kier molecular flexibility index (Phi) is 7.90. The standard InChI is InChI=1S/C5H11AsBr2/c1-2-3-4-5-6(7)8/h2-5H2,1H3. The summed E-state index contributed by atoms with van der Waals surface area (Å²) in [7, 11) is -0.632. The van der Waals surface area contributed by atoms with Crippen LogP contribution in [-0.4, -0.2) is 10.9 Å².